The molecular weight excluding hydrogens is 220 g/mol. The van der Waals surface area contributed by atoms with E-state index in [2.05, 4.69) is 18.6 Å². The first-order chi connectivity index (χ1) is 7.93. The van der Waals surface area contributed by atoms with Gasteiger partial charge < -0.3 is 9.47 Å². The number of hydrogen-bond donors (Lipinski definition) is 0. The smallest absolute Gasteiger partial charge is 0.305 e. The van der Waals surface area contributed by atoms with Crippen molar-refractivity contribution in [1.29, 1.82) is 0 Å². The van der Waals surface area contributed by atoms with E-state index < -0.39 is 0 Å². The molecule has 0 aliphatic heterocycles. The highest BCUT2D eigenvalue weighted by Gasteiger charge is 2.24. The van der Waals surface area contributed by atoms with Gasteiger partial charge in [0, 0.05) is 13.3 Å². The average Bonchev–Trinajstić information content (AvgIpc) is 2.26. The minimum Gasteiger partial charge on any atom is -0.469 e. The summed E-state index contributed by atoms with van der Waals surface area (Å²) in [7, 11) is 1.40. The van der Waals surface area contributed by atoms with Crippen LogP contribution in [0, 0.1) is 5.41 Å². The fraction of sp³-hybridized carbons (Fsp3) is 0.846. The predicted molar refractivity (Wildman–Crippen MR) is 65.5 cm³/mol. The molecule has 17 heavy (non-hydrogen) atoms. The van der Waals surface area contributed by atoms with Crippen molar-refractivity contribution >= 4 is 11.9 Å². The molecule has 0 heterocycles. The van der Waals surface area contributed by atoms with Gasteiger partial charge in [-0.3, -0.25) is 9.59 Å². The van der Waals surface area contributed by atoms with Gasteiger partial charge in [-0.15, -0.1) is 0 Å². The molecule has 0 bridgehead atoms. The lowest BCUT2D eigenvalue weighted by molar-refractivity contribution is -0.143. The highest BCUT2D eigenvalue weighted by Crippen LogP contribution is 2.33. The molecule has 0 amide bonds. The second-order valence-corrected chi connectivity index (χ2v) is 4.73. The number of methoxy groups -OCH3 is 1. The molecule has 0 aromatic carbocycles. The van der Waals surface area contributed by atoms with E-state index in [-0.39, 0.29) is 17.4 Å². The monoisotopic (exact) mass is 244 g/mol. The maximum Gasteiger partial charge on any atom is 0.305 e. The van der Waals surface area contributed by atoms with Gasteiger partial charge in [-0.1, -0.05) is 20.3 Å². The number of carbonyl (C=O) groups excluding carboxylic acids is 2. The third kappa shape index (κ3) is 7.77. The molecule has 0 aromatic rings. The van der Waals surface area contributed by atoms with Crippen LogP contribution in [0.3, 0.4) is 0 Å². The number of carbonyl (C=O) groups is 2. The molecule has 0 aliphatic rings. The summed E-state index contributed by atoms with van der Waals surface area (Å²) in [5.74, 6) is -0.434. The van der Waals surface area contributed by atoms with E-state index in [9.17, 15) is 9.59 Å². The van der Waals surface area contributed by atoms with Crippen molar-refractivity contribution in [3.05, 3.63) is 0 Å². The van der Waals surface area contributed by atoms with E-state index >= 15 is 0 Å². The summed E-state index contributed by atoms with van der Waals surface area (Å²) in [5.41, 5.74) is 0.0401. The van der Waals surface area contributed by atoms with Gasteiger partial charge in [0.05, 0.1) is 13.7 Å². The van der Waals surface area contributed by atoms with Crippen LogP contribution in [0.5, 0.6) is 0 Å². The quantitative estimate of drug-likeness (QED) is 0.616. The van der Waals surface area contributed by atoms with Crippen LogP contribution in [-0.2, 0) is 19.1 Å². The molecule has 1 unspecified atom stereocenters. The van der Waals surface area contributed by atoms with Crippen LogP contribution < -0.4 is 0 Å². The van der Waals surface area contributed by atoms with Crippen molar-refractivity contribution in [2.24, 2.45) is 5.41 Å². The Kier molecular flexibility index (Phi) is 7.59. The Bertz CT molecular complexity index is 250. The summed E-state index contributed by atoms with van der Waals surface area (Å²) in [6.07, 6.45) is 4.06. The summed E-state index contributed by atoms with van der Waals surface area (Å²) in [6.45, 7) is 6.07. The first kappa shape index (κ1) is 15.9. The average molecular weight is 244 g/mol. The van der Waals surface area contributed by atoms with Crippen LogP contribution in [-0.4, -0.2) is 25.7 Å². The van der Waals surface area contributed by atoms with Gasteiger partial charge in [0.15, 0.2) is 0 Å². The summed E-state index contributed by atoms with van der Waals surface area (Å²) in [4.78, 5) is 21.8. The Morgan fingerprint density at radius 2 is 1.82 bits per heavy atom. The van der Waals surface area contributed by atoms with E-state index in [1.165, 1.54) is 14.0 Å². The highest BCUT2D eigenvalue weighted by atomic mass is 16.5. The molecule has 1 atom stereocenters. The highest BCUT2D eigenvalue weighted by molar-refractivity contribution is 5.69. The maximum absolute atomic E-state index is 11.1. The lowest BCUT2D eigenvalue weighted by atomic mass is 9.78. The van der Waals surface area contributed by atoms with Crippen molar-refractivity contribution in [2.45, 2.75) is 52.9 Å². The second kappa shape index (κ2) is 8.09. The Balaban J connectivity index is 4.14. The first-order valence-corrected chi connectivity index (χ1v) is 6.13. The number of ether oxygens (including phenoxy) is 2. The first-order valence-electron chi connectivity index (χ1n) is 6.13. The van der Waals surface area contributed by atoms with Gasteiger partial charge in [0.1, 0.15) is 0 Å². The molecule has 0 aliphatic carbocycles. The van der Waals surface area contributed by atoms with Crippen molar-refractivity contribution in [1.82, 2.24) is 0 Å². The van der Waals surface area contributed by atoms with E-state index in [4.69, 9.17) is 4.74 Å². The normalized spacial score (nSPS) is 13.9. The zero-order chi connectivity index (χ0) is 13.3. The second-order valence-electron chi connectivity index (χ2n) is 4.73. The molecule has 4 heteroatoms. The lowest BCUT2D eigenvalue weighted by Crippen LogP contribution is -2.21. The van der Waals surface area contributed by atoms with Gasteiger partial charge in [-0.25, -0.2) is 0 Å². The molecule has 0 N–H and O–H groups in total. The number of hydrogen-bond acceptors (Lipinski definition) is 4. The number of rotatable bonds is 8. The Morgan fingerprint density at radius 1 is 1.18 bits per heavy atom. The summed E-state index contributed by atoms with van der Waals surface area (Å²) in [6, 6.07) is 0. The molecule has 0 fully saturated rings. The van der Waals surface area contributed by atoms with Crippen LogP contribution in [0.4, 0.5) is 0 Å². The summed E-state index contributed by atoms with van der Waals surface area (Å²) in [5, 5.41) is 0. The van der Waals surface area contributed by atoms with Crippen molar-refractivity contribution in [3.63, 3.8) is 0 Å². The van der Waals surface area contributed by atoms with Crippen LogP contribution in [0.1, 0.15) is 52.9 Å². The zero-order valence-corrected chi connectivity index (χ0v) is 11.4. The third-order valence-electron chi connectivity index (χ3n) is 3.02. The van der Waals surface area contributed by atoms with E-state index in [1.54, 1.807) is 0 Å². The van der Waals surface area contributed by atoms with E-state index in [0.717, 1.165) is 25.7 Å². The zero-order valence-electron chi connectivity index (χ0n) is 11.4. The molecule has 0 saturated heterocycles. The molecule has 100 valence electrons. The third-order valence-corrected chi connectivity index (χ3v) is 3.02. The van der Waals surface area contributed by atoms with Crippen molar-refractivity contribution in [3.8, 4) is 0 Å². The SMILES string of the molecule is CCCC(C)(CCOC(C)=O)CCC(=O)OC. The van der Waals surface area contributed by atoms with Gasteiger partial charge in [-0.05, 0) is 24.7 Å². The van der Waals surface area contributed by atoms with Crippen LogP contribution in [0.2, 0.25) is 0 Å². The molecule has 0 radical (unpaired) electrons. The predicted octanol–water partition coefficient (Wildman–Crippen LogP) is 2.70. The molecule has 0 rings (SSSR count). The standard InChI is InChI=1S/C13H24O4/c1-5-7-13(3,8-6-12(15)16-4)9-10-17-11(2)14/h5-10H2,1-4H3. The minimum atomic E-state index is -0.253. The summed E-state index contributed by atoms with van der Waals surface area (Å²) >= 11 is 0. The number of esters is 2. The van der Waals surface area contributed by atoms with E-state index in [1.807, 2.05) is 0 Å². The molecular formula is C13H24O4. The fourth-order valence-corrected chi connectivity index (χ4v) is 1.93. The lowest BCUT2D eigenvalue weighted by Gasteiger charge is -2.28. The topological polar surface area (TPSA) is 52.6 Å². The van der Waals surface area contributed by atoms with Crippen LogP contribution in [0.25, 0.3) is 0 Å². The van der Waals surface area contributed by atoms with Gasteiger partial charge in [0.25, 0.3) is 0 Å². The maximum atomic E-state index is 11.1. The molecule has 0 saturated carbocycles. The van der Waals surface area contributed by atoms with Crippen LogP contribution >= 0.6 is 0 Å². The van der Waals surface area contributed by atoms with Crippen LogP contribution in [0.15, 0.2) is 0 Å². The van der Waals surface area contributed by atoms with Crippen molar-refractivity contribution < 1.29 is 19.1 Å². The minimum absolute atomic E-state index is 0.0401. The van der Waals surface area contributed by atoms with Gasteiger partial charge in [-0.2, -0.15) is 0 Å². The van der Waals surface area contributed by atoms with E-state index in [0.29, 0.717) is 13.0 Å². The fourth-order valence-electron chi connectivity index (χ4n) is 1.93. The Hall–Kier alpha value is -1.06. The van der Waals surface area contributed by atoms with Gasteiger partial charge >= 0.3 is 11.9 Å². The Labute approximate surface area is 104 Å². The van der Waals surface area contributed by atoms with Gasteiger partial charge in [0.2, 0.25) is 0 Å². The summed E-state index contributed by atoms with van der Waals surface area (Å²) < 4.78 is 9.60. The van der Waals surface area contributed by atoms with Crippen molar-refractivity contribution in [2.75, 3.05) is 13.7 Å². The largest absolute Gasteiger partial charge is 0.469 e. The molecule has 0 spiro atoms. The molecule has 4 nitrogen and oxygen atoms in total. The molecule has 0 aromatic heterocycles. The Morgan fingerprint density at radius 3 is 2.29 bits per heavy atom.